The molecule has 1 N–H and O–H groups in total. The molecule has 3 rings (SSSR count). The largest absolute Gasteiger partial charge is 0.511 e. The van der Waals surface area contributed by atoms with Gasteiger partial charge in [0.2, 0.25) is 0 Å². The van der Waals surface area contributed by atoms with Gasteiger partial charge in [-0.15, -0.1) is 5.10 Å². The van der Waals surface area contributed by atoms with Crippen molar-refractivity contribution in [3.8, 4) is 0 Å². The van der Waals surface area contributed by atoms with Gasteiger partial charge in [-0.1, -0.05) is 74.5 Å². The topological polar surface area (TPSA) is 62.0 Å². The van der Waals surface area contributed by atoms with E-state index in [1.165, 1.54) is 6.21 Å². The molecule has 0 aliphatic heterocycles. The number of aliphatic hydroxyl groups is 1. The molecule has 0 bridgehead atoms. The summed E-state index contributed by atoms with van der Waals surface area (Å²) in [6.45, 7) is 3.94. The molecule has 0 atom stereocenters. The van der Waals surface area contributed by atoms with Gasteiger partial charge in [-0.05, 0) is 5.41 Å². The number of hydrogen-bond acceptors (Lipinski definition) is 4. The first-order valence-electron chi connectivity index (χ1n) is 8.63. The fraction of sp³-hybridized carbons (Fsp3) is 0.227. The number of nitrogens with zero attached hydrogens (tertiary/aromatic N) is 2. The number of aliphatic hydroxyl groups excluding tert-OH is 1. The Morgan fingerprint density at radius 1 is 0.962 bits per heavy atom. The first-order valence-corrected chi connectivity index (χ1v) is 8.63. The fourth-order valence-corrected chi connectivity index (χ4v) is 3.07. The van der Waals surface area contributed by atoms with Crippen LogP contribution in [-0.2, 0) is 4.79 Å². The molecule has 2 aromatic carbocycles. The van der Waals surface area contributed by atoms with Gasteiger partial charge in [-0.25, -0.2) is 0 Å². The summed E-state index contributed by atoms with van der Waals surface area (Å²) in [6.07, 6.45) is 2.24. The van der Waals surface area contributed by atoms with Crippen LogP contribution in [0.3, 0.4) is 0 Å². The second kappa shape index (κ2) is 7.48. The van der Waals surface area contributed by atoms with Crippen molar-refractivity contribution >= 4 is 17.7 Å². The molecule has 0 saturated carbocycles. The summed E-state index contributed by atoms with van der Waals surface area (Å²) in [5.74, 6) is -0.00940. The SMILES string of the molecule is CC1(C)CC(=O)C(/C=N/N=C(c2ccccc2)c2ccccc2)=C(O)C1. The van der Waals surface area contributed by atoms with Gasteiger partial charge in [0.05, 0.1) is 11.8 Å². The van der Waals surface area contributed by atoms with Crippen LogP contribution in [0.2, 0.25) is 0 Å². The molecule has 26 heavy (non-hydrogen) atoms. The van der Waals surface area contributed by atoms with Gasteiger partial charge >= 0.3 is 0 Å². The Hall–Kier alpha value is -3.01. The number of ketones is 1. The average molecular weight is 346 g/mol. The Kier molecular flexibility index (Phi) is 5.12. The van der Waals surface area contributed by atoms with E-state index in [1.54, 1.807) is 0 Å². The Bertz CT molecular complexity index is 837. The van der Waals surface area contributed by atoms with Gasteiger partial charge in [0.1, 0.15) is 11.5 Å². The van der Waals surface area contributed by atoms with E-state index < -0.39 is 0 Å². The van der Waals surface area contributed by atoms with E-state index in [1.807, 2.05) is 74.5 Å². The van der Waals surface area contributed by atoms with Crippen molar-refractivity contribution in [2.45, 2.75) is 26.7 Å². The lowest BCUT2D eigenvalue weighted by atomic mass is 9.77. The maximum atomic E-state index is 12.3. The van der Waals surface area contributed by atoms with Gasteiger partial charge in [0, 0.05) is 24.0 Å². The smallest absolute Gasteiger partial charge is 0.168 e. The van der Waals surface area contributed by atoms with E-state index >= 15 is 0 Å². The quantitative estimate of drug-likeness (QED) is 0.643. The molecule has 0 aromatic heterocycles. The Morgan fingerprint density at radius 3 is 2.00 bits per heavy atom. The van der Waals surface area contributed by atoms with Crippen LogP contribution >= 0.6 is 0 Å². The molecule has 0 spiro atoms. The van der Waals surface area contributed by atoms with E-state index in [0.717, 1.165) is 11.1 Å². The molecular formula is C22H22N2O2. The third kappa shape index (κ3) is 4.14. The lowest BCUT2D eigenvalue weighted by Crippen LogP contribution is -2.26. The van der Waals surface area contributed by atoms with Crippen LogP contribution in [0.15, 0.2) is 82.2 Å². The molecule has 4 heteroatoms. The van der Waals surface area contributed by atoms with E-state index in [2.05, 4.69) is 10.2 Å². The molecule has 0 unspecified atom stereocenters. The number of Topliss-reactive ketones (excluding diaryl/α,β-unsaturated/α-hetero) is 1. The van der Waals surface area contributed by atoms with Crippen molar-refractivity contribution < 1.29 is 9.90 Å². The third-order valence-electron chi connectivity index (χ3n) is 4.34. The minimum Gasteiger partial charge on any atom is -0.511 e. The summed E-state index contributed by atoms with van der Waals surface area (Å²) in [7, 11) is 0. The summed E-state index contributed by atoms with van der Waals surface area (Å²) in [5, 5.41) is 18.7. The van der Waals surface area contributed by atoms with Crippen LogP contribution in [-0.4, -0.2) is 22.8 Å². The molecule has 1 aliphatic rings. The zero-order chi connectivity index (χ0) is 18.6. The zero-order valence-electron chi connectivity index (χ0n) is 15.0. The Balaban J connectivity index is 1.95. The Morgan fingerprint density at radius 2 is 1.50 bits per heavy atom. The van der Waals surface area contributed by atoms with E-state index in [9.17, 15) is 9.90 Å². The summed E-state index contributed by atoms with van der Waals surface area (Å²) >= 11 is 0. The van der Waals surface area contributed by atoms with Crippen LogP contribution in [0.5, 0.6) is 0 Å². The van der Waals surface area contributed by atoms with Crippen molar-refractivity contribution in [3.63, 3.8) is 0 Å². The molecule has 0 saturated heterocycles. The highest BCUT2D eigenvalue weighted by molar-refractivity contribution is 6.15. The second-order valence-corrected chi connectivity index (χ2v) is 7.23. The van der Waals surface area contributed by atoms with Crippen LogP contribution in [0.4, 0.5) is 0 Å². The average Bonchev–Trinajstić information content (AvgIpc) is 2.61. The monoisotopic (exact) mass is 346 g/mol. The van der Waals surface area contributed by atoms with Gasteiger partial charge in [-0.2, -0.15) is 5.10 Å². The Labute approximate surface area is 153 Å². The predicted molar refractivity (Wildman–Crippen MR) is 105 cm³/mol. The number of allylic oxidation sites excluding steroid dienone is 2. The molecular weight excluding hydrogens is 324 g/mol. The molecule has 0 heterocycles. The fourth-order valence-electron chi connectivity index (χ4n) is 3.07. The standard InChI is InChI=1S/C22H22N2O2/c1-22(2)13-19(25)18(20(26)14-22)15-23-24-21(16-9-5-3-6-10-16)17-11-7-4-8-12-17/h3-12,15,25H,13-14H2,1-2H3/b23-15+. The first kappa shape index (κ1) is 17.8. The molecule has 132 valence electrons. The first-order chi connectivity index (χ1) is 12.5. The second-order valence-electron chi connectivity index (χ2n) is 7.23. The highest BCUT2D eigenvalue weighted by Gasteiger charge is 2.32. The number of carbonyl (C=O) groups excluding carboxylic acids is 1. The van der Waals surface area contributed by atoms with Gasteiger partial charge in [-0.3, -0.25) is 4.79 Å². The van der Waals surface area contributed by atoms with Gasteiger partial charge in [0.15, 0.2) is 5.78 Å². The van der Waals surface area contributed by atoms with Crippen molar-refractivity contribution in [2.75, 3.05) is 0 Å². The van der Waals surface area contributed by atoms with Crippen molar-refractivity contribution in [1.29, 1.82) is 0 Å². The highest BCUT2D eigenvalue weighted by Crippen LogP contribution is 2.35. The van der Waals surface area contributed by atoms with Crippen LogP contribution < -0.4 is 0 Å². The van der Waals surface area contributed by atoms with Crippen molar-refractivity contribution in [2.24, 2.45) is 15.6 Å². The van der Waals surface area contributed by atoms with Crippen LogP contribution in [0.25, 0.3) is 0 Å². The minimum atomic E-state index is -0.221. The summed E-state index contributed by atoms with van der Waals surface area (Å²) < 4.78 is 0. The molecule has 0 amide bonds. The third-order valence-corrected chi connectivity index (χ3v) is 4.34. The molecule has 0 fully saturated rings. The van der Waals surface area contributed by atoms with Crippen LogP contribution in [0, 0.1) is 5.41 Å². The van der Waals surface area contributed by atoms with Crippen LogP contribution in [0.1, 0.15) is 37.8 Å². The van der Waals surface area contributed by atoms with Crippen molar-refractivity contribution in [3.05, 3.63) is 83.1 Å². The number of rotatable bonds is 4. The summed E-state index contributed by atoms with van der Waals surface area (Å²) in [5.41, 5.74) is 2.62. The molecule has 1 aliphatic carbocycles. The summed E-state index contributed by atoms with van der Waals surface area (Å²) in [4.78, 5) is 12.3. The number of carbonyl (C=O) groups is 1. The molecule has 4 nitrogen and oxygen atoms in total. The van der Waals surface area contributed by atoms with Crippen molar-refractivity contribution in [1.82, 2.24) is 0 Å². The van der Waals surface area contributed by atoms with Gasteiger partial charge in [0.25, 0.3) is 0 Å². The minimum absolute atomic E-state index is 0.0890. The van der Waals surface area contributed by atoms with E-state index in [0.29, 0.717) is 18.6 Å². The zero-order valence-corrected chi connectivity index (χ0v) is 15.0. The maximum Gasteiger partial charge on any atom is 0.168 e. The maximum absolute atomic E-state index is 12.3. The molecule has 0 radical (unpaired) electrons. The highest BCUT2D eigenvalue weighted by atomic mass is 16.3. The lowest BCUT2D eigenvalue weighted by molar-refractivity contribution is -0.117. The van der Waals surface area contributed by atoms with E-state index in [-0.39, 0.29) is 22.5 Å². The van der Waals surface area contributed by atoms with E-state index in [4.69, 9.17) is 0 Å². The summed E-state index contributed by atoms with van der Waals surface area (Å²) in [6, 6.07) is 19.5. The predicted octanol–water partition coefficient (Wildman–Crippen LogP) is 4.71. The number of benzene rings is 2. The lowest BCUT2D eigenvalue weighted by Gasteiger charge is -2.28. The molecule has 2 aromatic rings. The van der Waals surface area contributed by atoms with Gasteiger partial charge < -0.3 is 5.11 Å². The normalized spacial score (nSPS) is 16.8. The number of hydrogen-bond donors (Lipinski definition) is 1.